The van der Waals surface area contributed by atoms with Crippen molar-refractivity contribution in [1.29, 1.82) is 0 Å². The molecule has 0 amide bonds. The number of ketones is 1. The number of benzene rings is 2. The first kappa shape index (κ1) is 23.7. The van der Waals surface area contributed by atoms with Crippen molar-refractivity contribution in [3.8, 4) is 11.1 Å². The Morgan fingerprint density at radius 2 is 1.68 bits per heavy atom. The molecule has 1 aromatic heterocycles. The van der Waals surface area contributed by atoms with Crippen LogP contribution in [-0.4, -0.2) is 28.7 Å². The maximum atomic E-state index is 13.4. The van der Waals surface area contributed by atoms with Crippen LogP contribution in [0.5, 0.6) is 0 Å². The molecule has 0 fully saturated rings. The van der Waals surface area contributed by atoms with Crippen LogP contribution in [0.1, 0.15) is 37.0 Å². The third kappa shape index (κ3) is 5.03. The second-order valence-corrected chi connectivity index (χ2v) is 8.81. The van der Waals surface area contributed by atoms with Gasteiger partial charge in [-0.1, -0.05) is 37.3 Å². The van der Waals surface area contributed by atoms with Crippen LogP contribution in [-0.2, 0) is 11.2 Å². The Kier molecular flexibility index (Phi) is 6.55. The first-order chi connectivity index (χ1) is 16.1. The fourth-order valence-electron chi connectivity index (χ4n) is 4.40. The van der Waals surface area contributed by atoms with Crippen LogP contribution in [0.4, 0.5) is 18.9 Å². The molecular weight excluding hydrogens is 439 g/mol. The average Bonchev–Trinajstić information content (AvgIpc) is 3.12. The molecule has 3 aromatic rings. The minimum absolute atomic E-state index is 0.00895. The third-order valence-electron chi connectivity index (χ3n) is 6.28. The van der Waals surface area contributed by atoms with Crippen LogP contribution < -0.4 is 5.01 Å². The Bertz CT molecular complexity index is 1200. The largest absolute Gasteiger partial charge is 0.431 e. The molecule has 176 valence electrons. The topological polar surface area (TPSA) is 45.6 Å². The molecule has 0 unspecified atom stereocenters. The number of halogens is 3. The zero-order valence-electron chi connectivity index (χ0n) is 19.3. The molecule has 4 rings (SSSR count). The van der Waals surface area contributed by atoms with Crippen LogP contribution in [0.15, 0.2) is 72.1 Å². The number of rotatable bonds is 6. The molecule has 0 bridgehead atoms. The number of carbonyl (C=O) groups is 1. The average molecular weight is 466 g/mol. The molecule has 0 saturated carbocycles. The summed E-state index contributed by atoms with van der Waals surface area (Å²) in [6, 6.07) is 17.0. The predicted octanol–water partition coefficient (Wildman–Crippen LogP) is 6.37. The molecule has 0 radical (unpaired) electrons. The summed E-state index contributed by atoms with van der Waals surface area (Å²) in [4.78, 5) is 15.8. The first-order valence-electron chi connectivity index (χ1n) is 11.2. The van der Waals surface area contributed by atoms with Gasteiger partial charge in [0.25, 0.3) is 0 Å². The Labute approximate surface area is 197 Å². The molecule has 0 saturated heterocycles. The molecule has 2 heterocycles. The second kappa shape index (κ2) is 9.41. The highest BCUT2D eigenvalue weighted by molar-refractivity contribution is 5.96. The quantitative estimate of drug-likeness (QED) is 0.425. The summed E-state index contributed by atoms with van der Waals surface area (Å²) in [5.74, 6) is -1.05. The SMILES string of the molecule is CC(=O)C[C@H]1[C@H](C)C(C(F)(F)F)=NN1c1ccc(Cc2ccc(-c3ccncc3)cc2C)cc1. The molecule has 0 aliphatic carbocycles. The number of aryl methyl sites for hydroxylation is 1. The first-order valence-corrected chi connectivity index (χ1v) is 11.2. The summed E-state index contributed by atoms with van der Waals surface area (Å²) in [7, 11) is 0. The molecule has 0 spiro atoms. The van der Waals surface area contributed by atoms with Crippen molar-refractivity contribution in [2.45, 2.75) is 45.8 Å². The number of hydrazone groups is 1. The number of hydrogen-bond acceptors (Lipinski definition) is 4. The van der Waals surface area contributed by atoms with Gasteiger partial charge in [-0.3, -0.25) is 14.8 Å². The van der Waals surface area contributed by atoms with Crippen molar-refractivity contribution in [2.75, 3.05) is 5.01 Å². The Morgan fingerprint density at radius 3 is 2.26 bits per heavy atom. The third-order valence-corrected chi connectivity index (χ3v) is 6.28. The molecular formula is C27H26F3N3O. The second-order valence-electron chi connectivity index (χ2n) is 8.81. The molecule has 4 nitrogen and oxygen atoms in total. The number of hydrogen-bond donors (Lipinski definition) is 0. The van der Waals surface area contributed by atoms with Crippen molar-refractivity contribution in [1.82, 2.24) is 4.98 Å². The van der Waals surface area contributed by atoms with Crippen molar-refractivity contribution >= 4 is 17.2 Å². The highest BCUT2D eigenvalue weighted by Crippen LogP contribution is 2.36. The minimum atomic E-state index is -4.52. The van der Waals surface area contributed by atoms with Gasteiger partial charge in [0.1, 0.15) is 11.5 Å². The zero-order chi connectivity index (χ0) is 24.5. The van der Waals surface area contributed by atoms with Gasteiger partial charge in [-0.2, -0.15) is 18.3 Å². The maximum Gasteiger partial charge on any atom is 0.431 e. The van der Waals surface area contributed by atoms with E-state index in [2.05, 4.69) is 35.2 Å². The number of aromatic nitrogens is 1. The number of pyridine rings is 1. The Morgan fingerprint density at radius 1 is 1.00 bits per heavy atom. The van der Waals surface area contributed by atoms with E-state index in [0.29, 0.717) is 12.1 Å². The van der Waals surface area contributed by atoms with E-state index in [1.807, 2.05) is 24.3 Å². The Hall–Kier alpha value is -3.48. The summed E-state index contributed by atoms with van der Waals surface area (Å²) in [5, 5.41) is 5.23. The predicted molar refractivity (Wildman–Crippen MR) is 128 cm³/mol. The van der Waals surface area contributed by atoms with Gasteiger partial charge < -0.3 is 0 Å². The van der Waals surface area contributed by atoms with Crippen LogP contribution in [0, 0.1) is 12.8 Å². The maximum absolute atomic E-state index is 13.4. The van der Waals surface area contributed by atoms with E-state index in [1.54, 1.807) is 24.5 Å². The lowest BCUT2D eigenvalue weighted by molar-refractivity contribution is -0.117. The van der Waals surface area contributed by atoms with Crippen molar-refractivity contribution < 1.29 is 18.0 Å². The lowest BCUT2D eigenvalue weighted by Crippen LogP contribution is -2.36. The highest BCUT2D eigenvalue weighted by Gasteiger charge is 2.48. The lowest BCUT2D eigenvalue weighted by atomic mass is 9.93. The molecule has 2 aromatic carbocycles. The normalized spacial score (nSPS) is 18.2. The van der Waals surface area contributed by atoms with E-state index in [4.69, 9.17) is 0 Å². The van der Waals surface area contributed by atoms with Gasteiger partial charge in [0.05, 0.1) is 11.7 Å². The van der Waals surface area contributed by atoms with Gasteiger partial charge in [0, 0.05) is 24.7 Å². The van der Waals surface area contributed by atoms with Gasteiger partial charge in [0.15, 0.2) is 0 Å². The van der Waals surface area contributed by atoms with Gasteiger partial charge in [-0.25, -0.2) is 0 Å². The van der Waals surface area contributed by atoms with Crippen LogP contribution in [0.25, 0.3) is 11.1 Å². The van der Waals surface area contributed by atoms with E-state index >= 15 is 0 Å². The van der Waals surface area contributed by atoms with E-state index in [1.165, 1.54) is 24.4 Å². The highest BCUT2D eigenvalue weighted by atomic mass is 19.4. The number of nitrogens with zero attached hydrogens (tertiary/aromatic N) is 3. The van der Waals surface area contributed by atoms with E-state index < -0.39 is 23.8 Å². The van der Waals surface area contributed by atoms with Crippen LogP contribution in [0.2, 0.25) is 0 Å². The summed E-state index contributed by atoms with van der Waals surface area (Å²) in [6.07, 6.45) is -0.279. The number of carbonyl (C=O) groups excluding carboxylic acids is 1. The zero-order valence-corrected chi connectivity index (χ0v) is 19.3. The van der Waals surface area contributed by atoms with Gasteiger partial charge in [-0.15, -0.1) is 0 Å². The van der Waals surface area contributed by atoms with Crippen molar-refractivity contribution in [3.63, 3.8) is 0 Å². The molecule has 1 aliphatic heterocycles. The van der Waals surface area contributed by atoms with Gasteiger partial charge in [0.2, 0.25) is 0 Å². The summed E-state index contributed by atoms with van der Waals surface area (Å²) in [5.41, 5.74) is 5.31. The fourth-order valence-corrected chi connectivity index (χ4v) is 4.40. The monoisotopic (exact) mass is 465 g/mol. The minimum Gasteiger partial charge on any atom is -0.300 e. The molecule has 34 heavy (non-hydrogen) atoms. The molecule has 2 atom stereocenters. The Balaban J connectivity index is 1.54. The van der Waals surface area contributed by atoms with E-state index in [-0.39, 0.29) is 12.2 Å². The van der Waals surface area contributed by atoms with E-state index in [0.717, 1.165) is 22.3 Å². The lowest BCUT2D eigenvalue weighted by Gasteiger charge is -2.26. The molecule has 0 N–H and O–H groups in total. The van der Waals surface area contributed by atoms with Gasteiger partial charge in [-0.05, 0) is 72.4 Å². The summed E-state index contributed by atoms with van der Waals surface area (Å²) in [6.45, 7) is 4.94. The number of Topliss-reactive ketones (excluding diaryl/α,β-unsaturated/α-hetero) is 1. The van der Waals surface area contributed by atoms with E-state index in [9.17, 15) is 18.0 Å². The summed E-state index contributed by atoms with van der Waals surface area (Å²) >= 11 is 0. The van der Waals surface area contributed by atoms with Gasteiger partial charge >= 0.3 is 6.18 Å². The van der Waals surface area contributed by atoms with Crippen LogP contribution >= 0.6 is 0 Å². The number of anilines is 1. The fraction of sp³-hybridized carbons (Fsp3) is 0.296. The molecule has 7 heteroatoms. The smallest absolute Gasteiger partial charge is 0.300 e. The van der Waals surface area contributed by atoms with Crippen molar-refractivity contribution in [3.05, 3.63) is 83.7 Å². The number of alkyl halides is 3. The van der Waals surface area contributed by atoms with Crippen molar-refractivity contribution in [2.24, 2.45) is 11.0 Å². The summed E-state index contributed by atoms with van der Waals surface area (Å²) < 4.78 is 40.3. The van der Waals surface area contributed by atoms with Crippen LogP contribution in [0.3, 0.4) is 0 Å². The molecule has 1 aliphatic rings. The standard InChI is InChI=1S/C27H26F3N3O/c1-17-14-23(21-10-12-31-13-11-21)7-6-22(17)16-20-4-8-24(9-5-20)33-25(15-18(2)34)19(3)26(32-33)27(28,29)30/h4-14,19,25H,15-16H2,1-3H3/t19-,25-/m0/s1.